The Morgan fingerprint density at radius 2 is 1.93 bits per heavy atom. The zero-order valence-electron chi connectivity index (χ0n) is 17.4. The standard InChI is InChI=1S/C24H28N2O4/c1-16-14-19(16)21-9-8-18(30-21)15-26(17-6-7-17)24(28)11-10-23(27)25-12-13-29-22-5-3-2-4-20(22)25/h2-5,8-9,16-17,19H,6-7,10-15H2,1H3. The second-order valence-electron chi connectivity index (χ2n) is 8.74. The lowest BCUT2D eigenvalue weighted by Gasteiger charge is -2.29. The second kappa shape index (κ2) is 7.82. The summed E-state index contributed by atoms with van der Waals surface area (Å²) in [6.07, 6.45) is 3.68. The molecular formula is C24H28N2O4. The zero-order valence-corrected chi connectivity index (χ0v) is 17.4. The number of hydrogen-bond acceptors (Lipinski definition) is 4. The van der Waals surface area contributed by atoms with Gasteiger partial charge < -0.3 is 19.0 Å². The zero-order chi connectivity index (χ0) is 20.7. The Kier molecular flexibility index (Phi) is 5.01. The fourth-order valence-corrected chi connectivity index (χ4v) is 4.29. The molecule has 6 heteroatoms. The van der Waals surface area contributed by atoms with Crippen molar-refractivity contribution in [3.05, 3.63) is 47.9 Å². The smallest absolute Gasteiger partial charge is 0.227 e. The number of ether oxygens (including phenoxy) is 1. The molecule has 30 heavy (non-hydrogen) atoms. The van der Waals surface area contributed by atoms with E-state index in [-0.39, 0.29) is 30.7 Å². The summed E-state index contributed by atoms with van der Waals surface area (Å²) < 4.78 is 11.6. The fraction of sp³-hybridized carbons (Fsp3) is 0.500. The van der Waals surface area contributed by atoms with E-state index in [4.69, 9.17) is 9.15 Å². The number of fused-ring (bicyclic) bond motifs is 1. The first-order valence-electron chi connectivity index (χ1n) is 11.0. The molecule has 2 amide bonds. The summed E-state index contributed by atoms with van der Waals surface area (Å²) in [6.45, 7) is 3.73. The number of rotatable bonds is 7. The van der Waals surface area contributed by atoms with Gasteiger partial charge in [0.1, 0.15) is 23.9 Å². The highest BCUT2D eigenvalue weighted by molar-refractivity contribution is 5.97. The topological polar surface area (TPSA) is 63.0 Å². The molecule has 6 nitrogen and oxygen atoms in total. The minimum Gasteiger partial charge on any atom is -0.490 e. The first-order chi connectivity index (χ1) is 14.6. The monoisotopic (exact) mass is 408 g/mol. The Bertz CT molecular complexity index is 948. The quantitative estimate of drug-likeness (QED) is 0.692. The van der Waals surface area contributed by atoms with Crippen molar-refractivity contribution in [2.45, 2.75) is 57.5 Å². The van der Waals surface area contributed by atoms with Crippen LogP contribution in [0.5, 0.6) is 5.75 Å². The van der Waals surface area contributed by atoms with Gasteiger partial charge in [-0.2, -0.15) is 0 Å². The molecule has 2 aliphatic carbocycles. The molecule has 1 aromatic carbocycles. The van der Waals surface area contributed by atoms with Crippen LogP contribution in [0.2, 0.25) is 0 Å². The Morgan fingerprint density at radius 1 is 1.13 bits per heavy atom. The fourth-order valence-electron chi connectivity index (χ4n) is 4.29. The molecule has 0 spiro atoms. The van der Waals surface area contributed by atoms with E-state index in [0.717, 1.165) is 35.8 Å². The van der Waals surface area contributed by atoms with Crippen LogP contribution < -0.4 is 9.64 Å². The number of nitrogens with zero attached hydrogens (tertiary/aromatic N) is 2. The van der Waals surface area contributed by atoms with E-state index in [1.807, 2.05) is 35.2 Å². The van der Waals surface area contributed by atoms with E-state index in [2.05, 4.69) is 13.0 Å². The Morgan fingerprint density at radius 3 is 2.70 bits per heavy atom. The summed E-state index contributed by atoms with van der Waals surface area (Å²) in [6, 6.07) is 11.9. The maximum absolute atomic E-state index is 13.0. The number of furan rings is 1. The van der Waals surface area contributed by atoms with Crippen LogP contribution in [0.3, 0.4) is 0 Å². The molecule has 0 saturated heterocycles. The summed E-state index contributed by atoms with van der Waals surface area (Å²) in [5.41, 5.74) is 0.790. The molecule has 0 radical (unpaired) electrons. The third-order valence-electron chi connectivity index (χ3n) is 6.37. The van der Waals surface area contributed by atoms with E-state index >= 15 is 0 Å². The Balaban J connectivity index is 1.20. The third kappa shape index (κ3) is 3.95. The van der Waals surface area contributed by atoms with Gasteiger partial charge in [-0.15, -0.1) is 0 Å². The van der Waals surface area contributed by atoms with Crippen LogP contribution in [0.25, 0.3) is 0 Å². The molecule has 5 rings (SSSR count). The van der Waals surface area contributed by atoms with Crippen LogP contribution in [-0.2, 0) is 16.1 Å². The van der Waals surface area contributed by atoms with Gasteiger partial charge in [0.2, 0.25) is 11.8 Å². The molecule has 2 unspecified atom stereocenters. The first kappa shape index (κ1) is 19.2. The lowest BCUT2D eigenvalue weighted by molar-refractivity contribution is -0.134. The van der Waals surface area contributed by atoms with Gasteiger partial charge in [-0.3, -0.25) is 9.59 Å². The molecule has 3 aliphatic rings. The Labute approximate surface area is 176 Å². The molecule has 2 atom stereocenters. The minimum absolute atomic E-state index is 0.0298. The van der Waals surface area contributed by atoms with Gasteiger partial charge >= 0.3 is 0 Å². The van der Waals surface area contributed by atoms with Crippen molar-refractivity contribution in [1.29, 1.82) is 0 Å². The third-order valence-corrected chi connectivity index (χ3v) is 6.37. The molecular weight excluding hydrogens is 380 g/mol. The highest BCUT2D eigenvalue weighted by Gasteiger charge is 2.37. The van der Waals surface area contributed by atoms with Gasteiger partial charge in [-0.1, -0.05) is 19.1 Å². The number of benzene rings is 1. The Hall–Kier alpha value is -2.76. The van der Waals surface area contributed by atoms with Crippen molar-refractivity contribution in [3.8, 4) is 5.75 Å². The summed E-state index contributed by atoms with van der Waals surface area (Å²) in [7, 11) is 0. The highest BCUT2D eigenvalue weighted by Crippen LogP contribution is 2.47. The van der Waals surface area contributed by atoms with Crippen LogP contribution in [0, 0.1) is 5.92 Å². The molecule has 2 saturated carbocycles. The summed E-state index contributed by atoms with van der Waals surface area (Å²) in [5.74, 6) is 3.85. The van der Waals surface area contributed by atoms with Crippen molar-refractivity contribution in [2.75, 3.05) is 18.1 Å². The van der Waals surface area contributed by atoms with Crippen LogP contribution in [0.1, 0.15) is 56.5 Å². The molecule has 1 aromatic heterocycles. The van der Waals surface area contributed by atoms with E-state index in [9.17, 15) is 9.59 Å². The number of hydrogen-bond donors (Lipinski definition) is 0. The van der Waals surface area contributed by atoms with Gasteiger partial charge in [-0.25, -0.2) is 0 Å². The molecule has 2 aromatic rings. The first-order valence-corrected chi connectivity index (χ1v) is 11.0. The molecule has 158 valence electrons. The molecule has 1 aliphatic heterocycles. The van der Waals surface area contributed by atoms with E-state index in [0.29, 0.717) is 31.5 Å². The maximum atomic E-state index is 13.0. The number of carbonyl (C=O) groups excluding carboxylic acids is 2. The minimum atomic E-state index is -0.0298. The van der Waals surface area contributed by atoms with Crippen LogP contribution in [0.4, 0.5) is 5.69 Å². The van der Waals surface area contributed by atoms with E-state index in [1.54, 1.807) is 4.90 Å². The van der Waals surface area contributed by atoms with E-state index in [1.165, 1.54) is 6.42 Å². The molecule has 2 heterocycles. The lowest BCUT2D eigenvalue weighted by atomic mass is 10.2. The number of para-hydroxylation sites is 2. The number of amides is 2. The van der Waals surface area contributed by atoms with Crippen LogP contribution in [-0.4, -0.2) is 35.9 Å². The van der Waals surface area contributed by atoms with Crippen molar-refractivity contribution in [2.24, 2.45) is 5.92 Å². The van der Waals surface area contributed by atoms with Crippen molar-refractivity contribution in [3.63, 3.8) is 0 Å². The molecule has 0 N–H and O–H groups in total. The van der Waals surface area contributed by atoms with Crippen molar-refractivity contribution in [1.82, 2.24) is 4.90 Å². The normalized spacial score (nSPS) is 22.2. The van der Waals surface area contributed by atoms with E-state index < -0.39 is 0 Å². The average molecular weight is 408 g/mol. The highest BCUT2D eigenvalue weighted by atomic mass is 16.5. The molecule has 0 bridgehead atoms. The van der Waals surface area contributed by atoms with Gasteiger partial charge in [0.05, 0.1) is 18.8 Å². The summed E-state index contributed by atoms with van der Waals surface area (Å²) in [4.78, 5) is 29.4. The van der Waals surface area contributed by atoms with Gasteiger partial charge in [0.25, 0.3) is 0 Å². The van der Waals surface area contributed by atoms with Crippen LogP contribution >= 0.6 is 0 Å². The SMILES string of the molecule is CC1CC1c1ccc(CN(C(=O)CCC(=O)N2CCOc3ccccc32)C2CC2)o1. The van der Waals surface area contributed by atoms with Gasteiger partial charge in [0.15, 0.2) is 0 Å². The largest absolute Gasteiger partial charge is 0.490 e. The van der Waals surface area contributed by atoms with Crippen molar-refractivity contribution >= 4 is 17.5 Å². The van der Waals surface area contributed by atoms with Crippen LogP contribution in [0.15, 0.2) is 40.8 Å². The number of anilines is 1. The van der Waals surface area contributed by atoms with Gasteiger partial charge in [0, 0.05) is 24.8 Å². The summed E-state index contributed by atoms with van der Waals surface area (Å²) >= 11 is 0. The predicted octanol–water partition coefficient (Wildman–Crippen LogP) is 4.10. The lowest BCUT2D eigenvalue weighted by Crippen LogP contribution is -2.39. The summed E-state index contributed by atoms with van der Waals surface area (Å²) in [5, 5.41) is 0. The molecule has 2 fully saturated rings. The predicted molar refractivity (Wildman–Crippen MR) is 112 cm³/mol. The second-order valence-corrected chi connectivity index (χ2v) is 8.74. The maximum Gasteiger partial charge on any atom is 0.227 e. The van der Waals surface area contributed by atoms with Gasteiger partial charge in [-0.05, 0) is 49.4 Å². The van der Waals surface area contributed by atoms with Crippen molar-refractivity contribution < 1.29 is 18.7 Å². The average Bonchev–Trinajstić information content (AvgIpc) is 3.69. The number of carbonyl (C=O) groups is 2.